The standard InChI is InChI=1S/C21H23NO4S/c1-27(24,25)19-9-10-20-17(13-19)6-3-11-22(20)21(23)14-26-18-8-7-15-4-2-5-16(15)12-18/h7-10,12-13H,2-6,11,14H2,1H3. The zero-order valence-corrected chi connectivity index (χ0v) is 16.2. The normalized spacial score (nSPS) is 16.0. The van der Waals surface area contributed by atoms with Gasteiger partial charge in [0, 0.05) is 18.5 Å². The molecule has 4 rings (SSSR count). The number of carbonyl (C=O) groups is 1. The summed E-state index contributed by atoms with van der Waals surface area (Å²) in [4.78, 5) is 14.7. The molecule has 6 heteroatoms. The first kappa shape index (κ1) is 18.0. The highest BCUT2D eigenvalue weighted by Crippen LogP contribution is 2.30. The first-order valence-corrected chi connectivity index (χ1v) is 11.2. The van der Waals surface area contributed by atoms with Gasteiger partial charge in [0.2, 0.25) is 0 Å². The van der Waals surface area contributed by atoms with Crippen LogP contribution in [-0.2, 0) is 33.9 Å². The van der Waals surface area contributed by atoms with Gasteiger partial charge in [-0.05, 0) is 79.1 Å². The summed E-state index contributed by atoms with van der Waals surface area (Å²) < 4.78 is 29.3. The molecule has 0 fully saturated rings. The summed E-state index contributed by atoms with van der Waals surface area (Å²) in [6, 6.07) is 11.0. The van der Waals surface area contributed by atoms with E-state index in [4.69, 9.17) is 4.74 Å². The fourth-order valence-corrected chi connectivity index (χ4v) is 4.60. The second kappa shape index (κ2) is 7.00. The number of benzene rings is 2. The molecule has 0 unspecified atom stereocenters. The maximum atomic E-state index is 12.7. The van der Waals surface area contributed by atoms with Gasteiger partial charge in [-0.3, -0.25) is 4.79 Å². The monoisotopic (exact) mass is 385 g/mol. The summed E-state index contributed by atoms with van der Waals surface area (Å²) in [5, 5.41) is 0. The number of carbonyl (C=O) groups excluding carboxylic acids is 1. The second-order valence-corrected chi connectivity index (χ2v) is 9.30. The van der Waals surface area contributed by atoms with Crippen molar-refractivity contribution >= 4 is 21.4 Å². The molecule has 0 saturated carbocycles. The lowest BCUT2D eigenvalue weighted by Gasteiger charge is -2.29. The first-order chi connectivity index (χ1) is 12.9. The van der Waals surface area contributed by atoms with Gasteiger partial charge in [-0.2, -0.15) is 0 Å². The van der Waals surface area contributed by atoms with Crippen LogP contribution in [-0.4, -0.2) is 33.7 Å². The Morgan fingerprint density at radius 2 is 1.78 bits per heavy atom. The highest BCUT2D eigenvalue weighted by molar-refractivity contribution is 7.90. The molecule has 142 valence electrons. The lowest BCUT2D eigenvalue weighted by Crippen LogP contribution is -2.38. The lowest BCUT2D eigenvalue weighted by atomic mass is 10.0. The summed E-state index contributed by atoms with van der Waals surface area (Å²) in [5.74, 6) is 0.622. The number of sulfone groups is 1. The third-order valence-electron chi connectivity index (χ3n) is 5.33. The van der Waals surface area contributed by atoms with Crippen LogP contribution in [0.1, 0.15) is 29.5 Å². The summed E-state index contributed by atoms with van der Waals surface area (Å²) in [6.07, 6.45) is 6.15. The van der Waals surface area contributed by atoms with Crippen LogP contribution >= 0.6 is 0 Å². The van der Waals surface area contributed by atoms with Crippen molar-refractivity contribution in [2.24, 2.45) is 0 Å². The minimum absolute atomic E-state index is 0.0218. The van der Waals surface area contributed by atoms with Gasteiger partial charge in [0.25, 0.3) is 5.91 Å². The van der Waals surface area contributed by atoms with Crippen LogP contribution in [0.4, 0.5) is 5.69 Å². The maximum Gasteiger partial charge on any atom is 0.264 e. The Bertz CT molecular complexity index is 997. The van der Waals surface area contributed by atoms with E-state index in [0.717, 1.165) is 42.7 Å². The Hall–Kier alpha value is -2.34. The smallest absolute Gasteiger partial charge is 0.264 e. The highest BCUT2D eigenvalue weighted by atomic mass is 32.2. The van der Waals surface area contributed by atoms with Gasteiger partial charge in [-0.25, -0.2) is 8.42 Å². The van der Waals surface area contributed by atoms with Crippen LogP contribution in [0.2, 0.25) is 0 Å². The maximum absolute atomic E-state index is 12.7. The van der Waals surface area contributed by atoms with E-state index < -0.39 is 9.84 Å². The summed E-state index contributed by atoms with van der Waals surface area (Å²) in [5.41, 5.74) is 4.38. The van der Waals surface area contributed by atoms with E-state index in [0.29, 0.717) is 11.4 Å². The lowest BCUT2D eigenvalue weighted by molar-refractivity contribution is -0.120. The minimum Gasteiger partial charge on any atom is -0.484 e. The van der Waals surface area contributed by atoms with E-state index in [1.54, 1.807) is 23.1 Å². The number of nitrogens with zero attached hydrogens (tertiary/aromatic N) is 1. The van der Waals surface area contributed by atoms with Crippen LogP contribution in [0, 0.1) is 0 Å². The first-order valence-electron chi connectivity index (χ1n) is 9.30. The second-order valence-electron chi connectivity index (χ2n) is 7.28. The molecule has 2 aliphatic rings. The molecule has 2 aromatic carbocycles. The molecule has 2 aromatic rings. The summed E-state index contributed by atoms with van der Waals surface area (Å²) in [7, 11) is -3.25. The van der Waals surface area contributed by atoms with E-state index in [1.165, 1.54) is 23.8 Å². The summed E-state index contributed by atoms with van der Waals surface area (Å²) >= 11 is 0. The summed E-state index contributed by atoms with van der Waals surface area (Å²) in [6.45, 7) is 0.601. The Labute approximate surface area is 159 Å². The van der Waals surface area contributed by atoms with Gasteiger partial charge in [0.05, 0.1) is 4.90 Å². The molecule has 0 N–H and O–H groups in total. The number of aryl methyl sites for hydroxylation is 3. The van der Waals surface area contributed by atoms with E-state index in [2.05, 4.69) is 6.07 Å². The van der Waals surface area contributed by atoms with Gasteiger partial charge in [0.1, 0.15) is 5.75 Å². The van der Waals surface area contributed by atoms with Crippen LogP contribution in [0.3, 0.4) is 0 Å². The van der Waals surface area contributed by atoms with Gasteiger partial charge in [-0.1, -0.05) is 6.07 Å². The van der Waals surface area contributed by atoms with E-state index in [9.17, 15) is 13.2 Å². The molecule has 0 saturated heterocycles. The molecule has 0 radical (unpaired) electrons. The molecule has 1 aliphatic heterocycles. The predicted octanol–water partition coefficient (Wildman–Crippen LogP) is 2.94. The Kier molecular flexibility index (Phi) is 4.68. The van der Waals surface area contributed by atoms with Crippen molar-refractivity contribution in [2.45, 2.75) is 37.0 Å². The van der Waals surface area contributed by atoms with Crippen molar-refractivity contribution in [2.75, 3.05) is 24.3 Å². The average Bonchev–Trinajstić information content (AvgIpc) is 3.12. The molecule has 0 spiro atoms. The van der Waals surface area contributed by atoms with E-state index in [1.807, 2.05) is 12.1 Å². The van der Waals surface area contributed by atoms with E-state index in [-0.39, 0.29) is 12.5 Å². The minimum atomic E-state index is -3.25. The van der Waals surface area contributed by atoms with Gasteiger partial charge in [0.15, 0.2) is 16.4 Å². The Morgan fingerprint density at radius 1 is 1.00 bits per heavy atom. The van der Waals surface area contributed by atoms with Crippen molar-refractivity contribution < 1.29 is 17.9 Å². The predicted molar refractivity (Wildman–Crippen MR) is 104 cm³/mol. The van der Waals surface area contributed by atoms with Crippen molar-refractivity contribution in [3.05, 3.63) is 53.1 Å². The SMILES string of the molecule is CS(=O)(=O)c1ccc2c(c1)CCCN2C(=O)COc1ccc2c(c1)CCC2. The fraction of sp³-hybridized carbons (Fsp3) is 0.381. The van der Waals surface area contributed by atoms with Crippen LogP contribution in [0.15, 0.2) is 41.3 Å². The molecule has 0 aromatic heterocycles. The van der Waals surface area contributed by atoms with Crippen molar-refractivity contribution in [3.8, 4) is 5.75 Å². The fourth-order valence-electron chi connectivity index (χ4n) is 3.92. The van der Waals surface area contributed by atoms with Gasteiger partial charge >= 0.3 is 0 Å². The molecule has 1 heterocycles. The molecule has 0 atom stereocenters. The number of fused-ring (bicyclic) bond motifs is 2. The third kappa shape index (κ3) is 3.72. The Morgan fingerprint density at radius 3 is 2.59 bits per heavy atom. The zero-order chi connectivity index (χ0) is 19.0. The number of rotatable bonds is 4. The van der Waals surface area contributed by atoms with Crippen molar-refractivity contribution in [1.29, 1.82) is 0 Å². The quantitative estimate of drug-likeness (QED) is 0.812. The zero-order valence-electron chi connectivity index (χ0n) is 15.4. The average molecular weight is 385 g/mol. The number of ether oxygens (including phenoxy) is 1. The van der Waals surface area contributed by atoms with Crippen LogP contribution in [0.25, 0.3) is 0 Å². The number of anilines is 1. The molecule has 27 heavy (non-hydrogen) atoms. The number of hydrogen-bond acceptors (Lipinski definition) is 4. The Balaban J connectivity index is 1.49. The van der Waals surface area contributed by atoms with Crippen molar-refractivity contribution in [1.82, 2.24) is 0 Å². The van der Waals surface area contributed by atoms with Gasteiger partial charge < -0.3 is 9.64 Å². The van der Waals surface area contributed by atoms with Crippen molar-refractivity contribution in [3.63, 3.8) is 0 Å². The highest BCUT2D eigenvalue weighted by Gasteiger charge is 2.24. The molecule has 0 bridgehead atoms. The van der Waals surface area contributed by atoms with Crippen LogP contribution < -0.4 is 9.64 Å². The van der Waals surface area contributed by atoms with E-state index >= 15 is 0 Å². The molecular formula is C21H23NO4S. The molecule has 1 amide bonds. The van der Waals surface area contributed by atoms with Crippen LogP contribution in [0.5, 0.6) is 5.75 Å². The molecule has 1 aliphatic carbocycles. The number of hydrogen-bond donors (Lipinski definition) is 0. The number of amides is 1. The topological polar surface area (TPSA) is 63.7 Å². The molecular weight excluding hydrogens is 362 g/mol. The third-order valence-corrected chi connectivity index (χ3v) is 6.44. The molecule has 5 nitrogen and oxygen atoms in total. The van der Waals surface area contributed by atoms with Gasteiger partial charge in [-0.15, -0.1) is 0 Å². The largest absolute Gasteiger partial charge is 0.484 e.